The summed E-state index contributed by atoms with van der Waals surface area (Å²) >= 11 is 0. The minimum Gasteiger partial charge on any atom is -0.103 e. The van der Waals surface area contributed by atoms with Crippen LogP contribution in [-0.4, -0.2) is 0 Å². The van der Waals surface area contributed by atoms with Crippen LogP contribution in [0.15, 0.2) is 37.0 Å². The fraction of sp³-hybridized carbons (Fsp3) is 0.333. The molecule has 0 aromatic rings. The molecule has 0 aliphatic heterocycles. The molecule has 0 aliphatic rings. The van der Waals surface area contributed by atoms with Crippen LogP contribution in [0.25, 0.3) is 0 Å². The highest BCUT2D eigenvalue weighted by molar-refractivity contribution is 5.10. The topological polar surface area (TPSA) is 0 Å². The van der Waals surface area contributed by atoms with Gasteiger partial charge < -0.3 is 0 Å². The Hall–Kier alpha value is -0.780. The van der Waals surface area contributed by atoms with Crippen molar-refractivity contribution in [1.29, 1.82) is 0 Å². The lowest BCUT2D eigenvalue weighted by molar-refractivity contribution is 1.05. The molecule has 0 nitrogen and oxygen atoms in total. The van der Waals surface area contributed by atoms with Gasteiger partial charge in [0, 0.05) is 0 Å². The lowest BCUT2D eigenvalue weighted by Crippen LogP contribution is -1.64. The average molecular weight is 122 g/mol. The molecule has 0 spiro atoms. The minimum absolute atomic E-state index is 1.06. The summed E-state index contributed by atoms with van der Waals surface area (Å²) in [7, 11) is 0. The van der Waals surface area contributed by atoms with Gasteiger partial charge in [-0.25, -0.2) is 0 Å². The molecule has 0 amide bonds. The molecule has 50 valence electrons. The first-order valence-corrected chi connectivity index (χ1v) is 3.20. The standard InChI is InChI=1S/C9H14/c1-4-5-6-7-8-9(2)3/h4,7-8H,1-2,5-6H2,3H3/b8-7-. The van der Waals surface area contributed by atoms with E-state index < -0.39 is 0 Å². The first-order valence-electron chi connectivity index (χ1n) is 3.20. The summed E-state index contributed by atoms with van der Waals surface area (Å²) in [5, 5.41) is 0. The van der Waals surface area contributed by atoms with Crippen molar-refractivity contribution in [1.82, 2.24) is 0 Å². The second-order valence-electron chi connectivity index (χ2n) is 2.11. The van der Waals surface area contributed by atoms with Crippen LogP contribution in [0.3, 0.4) is 0 Å². The van der Waals surface area contributed by atoms with Gasteiger partial charge in [0.1, 0.15) is 0 Å². The predicted octanol–water partition coefficient (Wildman–Crippen LogP) is 3.08. The molecule has 0 bridgehead atoms. The van der Waals surface area contributed by atoms with Crippen molar-refractivity contribution < 1.29 is 0 Å². The molecule has 9 heavy (non-hydrogen) atoms. The van der Waals surface area contributed by atoms with Crippen LogP contribution >= 0.6 is 0 Å². The van der Waals surface area contributed by atoms with Gasteiger partial charge in [-0.3, -0.25) is 0 Å². The molecule has 0 aromatic carbocycles. The van der Waals surface area contributed by atoms with E-state index in [2.05, 4.69) is 19.2 Å². The van der Waals surface area contributed by atoms with Crippen LogP contribution in [0.1, 0.15) is 19.8 Å². The Balaban J connectivity index is 3.24. The molecule has 0 heteroatoms. The van der Waals surface area contributed by atoms with E-state index in [-0.39, 0.29) is 0 Å². The molecule has 0 saturated heterocycles. The van der Waals surface area contributed by atoms with Gasteiger partial charge in [-0.2, -0.15) is 0 Å². The highest BCUT2D eigenvalue weighted by Gasteiger charge is 1.74. The Morgan fingerprint density at radius 1 is 1.44 bits per heavy atom. The Morgan fingerprint density at radius 3 is 2.56 bits per heavy atom. The molecule has 0 N–H and O–H groups in total. The molecule has 0 aliphatic carbocycles. The molecule has 0 aromatic heterocycles. The van der Waals surface area contributed by atoms with Gasteiger partial charge in [-0.1, -0.05) is 30.4 Å². The zero-order chi connectivity index (χ0) is 7.11. The molecule has 0 radical (unpaired) electrons. The van der Waals surface area contributed by atoms with E-state index in [1.54, 1.807) is 0 Å². The first-order chi connectivity index (χ1) is 4.27. The fourth-order valence-electron chi connectivity index (χ4n) is 0.499. The monoisotopic (exact) mass is 122 g/mol. The maximum atomic E-state index is 3.74. The third kappa shape index (κ3) is 7.22. The van der Waals surface area contributed by atoms with E-state index >= 15 is 0 Å². The van der Waals surface area contributed by atoms with Gasteiger partial charge in [-0.15, -0.1) is 6.58 Å². The number of unbranched alkanes of at least 4 members (excludes halogenated alkanes) is 1. The van der Waals surface area contributed by atoms with Gasteiger partial charge in [0.05, 0.1) is 0 Å². The molecular formula is C9H14. The fourth-order valence-corrected chi connectivity index (χ4v) is 0.499. The average Bonchev–Trinajstić information content (AvgIpc) is 1.80. The van der Waals surface area contributed by atoms with E-state index in [1.807, 2.05) is 19.1 Å². The van der Waals surface area contributed by atoms with Crippen molar-refractivity contribution in [2.24, 2.45) is 0 Å². The van der Waals surface area contributed by atoms with Crippen LogP contribution in [0.2, 0.25) is 0 Å². The van der Waals surface area contributed by atoms with Crippen LogP contribution < -0.4 is 0 Å². The Morgan fingerprint density at radius 2 is 2.11 bits per heavy atom. The van der Waals surface area contributed by atoms with Crippen LogP contribution in [-0.2, 0) is 0 Å². The summed E-state index contributed by atoms with van der Waals surface area (Å²) in [4.78, 5) is 0. The predicted molar refractivity (Wildman–Crippen MR) is 43.4 cm³/mol. The van der Waals surface area contributed by atoms with E-state index in [4.69, 9.17) is 0 Å². The molecular weight excluding hydrogens is 108 g/mol. The van der Waals surface area contributed by atoms with Crippen molar-refractivity contribution in [2.45, 2.75) is 19.8 Å². The second-order valence-corrected chi connectivity index (χ2v) is 2.11. The van der Waals surface area contributed by atoms with Gasteiger partial charge in [-0.05, 0) is 19.8 Å². The smallest absolute Gasteiger partial charge is 0.0313 e. The Kier molecular flexibility index (Phi) is 4.89. The van der Waals surface area contributed by atoms with Crippen molar-refractivity contribution in [3.05, 3.63) is 37.0 Å². The largest absolute Gasteiger partial charge is 0.103 e. The second kappa shape index (κ2) is 5.36. The van der Waals surface area contributed by atoms with E-state index in [1.165, 1.54) is 0 Å². The van der Waals surface area contributed by atoms with Crippen molar-refractivity contribution in [3.8, 4) is 0 Å². The summed E-state index contributed by atoms with van der Waals surface area (Å²) in [5.74, 6) is 0. The Labute approximate surface area is 57.6 Å². The number of allylic oxidation sites excluding steroid dienone is 4. The van der Waals surface area contributed by atoms with Crippen molar-refractivity contribution in [3.63, 3.8) is 0 Å². The number of rotatable bonds is 4. The summed E-state index contributed by atoms with van der Waals surface area (Å²) < 4.78 is 0. The van der Waals surface area contributed by atoms with Gasteiger partial charge in [0.15, 0.2) is 0 Å². The minimum atomic E-state index is 1.06. The third-order valence-electron chi connectivity index (χ3n) is 0.940. The summed E-state index contributed by atoms with van der Waals surface area (Å²) in [6.45, 7) is 9.35. The summed E-state index contributed by atoms with van der Waals surface area (Å²) in [5.41, 5.74) is 1.11. The highest BCUT2D eigenvalue weighted by atomic mass is 13.8. The molecule has 0 rings (SSSR count). The highest BCUT2D eigenvalue weighted by Crippen LogP contribution is 1.94. The van der Waals surface area contributed by atoms with E-state index in [0.717, 1.165) is 18.4 Å². The molecule has 0 fully saturated rings. The molecule has 0 heterocycles. The SMILES string of the molecule is C=CCC/C=C\C(=C)C. The van der Waals surface area contributed by atoms with Gasteiger partial charge >= 0.3 is 0 Å². The molecule has 0 unspecified atom stereocenters. The number of hydrogen-bond donors (Lipinski definition) is 0. The lowest BCUT2D eigenvalue weighted by atomic mass is 10.2. The number of hydrogen-bond acceptors (Lipinski definition) is 0. The quantitative estimate of drug-likeness (QED) is 0.305. The molecule has 0 atom stereocenters. The zero-order valence-electron chi connectivity index (χ0n) is 6.06. The van der Waals surface area contributed by atoms with Crippen LogP contribution in [0.5, 0.6) is 0 Å². The maximum Gasteiger partial charge on any atom is -0.0313 e. The Bertz CT molecular complexity index is 118. The molecule has 0 saturated carbocycles. The normalized spacial score (nSPS) is 9.89. The van der Waals surface area contributed by atoms with Crippen molar-refractivity contribution in [2.75, 3.05) is 0 Å². The summed E-state index contributed by atoms with van der Waals surface area (Å²) in [6, 6.07) is 0. The zero-order valence-corrected chi connectivity index (χ0v) is 6.06. The van der Waals surface area contributed by atoms with Gasteiger partial charge in [0.2, 0.25) is 0 Å². The van der Waals surface area contributed by atoms with E-state index in [9.17, 15) is 0 Å². The summed E-state index contributed by atoms with van der Waals surface area (Å²) in [6.07, 6.45) is 8.20. The maximum absolute atomic E-state index is 3.74. The third-order valence-corrected chi connectivity index (χ3v) is 0.940. The van der Waals surface area contributed by atoms with Crippen LogP contribution in [0, 0.1) is 0 Å². The lowest BCUT2D eigenvalue weighted by Gasteiger charge is -1.84. The van der Waals surface area contributed by atoms with Crippen molar-refractivity contribution >= 4 is 0 Å². The van der Waals surface area contributed by atoms with E-state index in [0.29, 0.717) is 0 Å². The van der Waals surface area contributed by atoms with Crippen LogP contribution in [0.4, 0.5) is 0 Å². The first kappa shape index (κ1) is 8.22. The van der Waals surface area contributed by atoms with Gasteiger partial charge in [0.25, 0.3) is 0 Å².